The summed E-state index contributed by atoms with van der Waals surface area (Å²) in [4.78, 5) is 13.6. The lowest BCUT2D eigenvalue weighted by molar-refractivity contribution is -0.115. The van der Waals surface area contributed by atoms with Crippen LogP contribution in [0.15, 0.2) is 18.2 Å². The van der Waals surface area contributed by atoms with Gasteiger partial charge in [0, 0.05) is 24.5 Å². The third-order valence-corrected chi connectivity index (χ3v) is 2.85. The molecule has 1 aromatic carbocycles. The van der Waals surface area contributed by atoms with Gasteiger partial charge < -0.3 is 10.2 Å². The van der Waals surface area contributed by atoms with E-state index in [-0.39, 0.29) is 12.3 Å². The van der Waals surface area contributed by atoms with Crippen molar-refractivity contribution in [2.75, 3.05) is 23.3 Å². The van der Waals surface area contributed by atoms with Crippen LogP contribution in [0.4, 0.5) is 11.4 Å². The zero-order chi connectivity index (χ0) is 13.5. The van der Waals surface area contributed by atoms with Crippen molar-refractivity contribution in [2.24, 2.45) is 0 Å². The Labute approximate surface area is 108 Å². The topological polar surface area (TPSA) is 56.1 Å². The van der Waals surface area contributed by atoms with E-state index in [1.807, 2.05) is 25.1 Å². The molecular formula is C14H19N3O. The highest BCUT2D eigenvalue weighted by atomic mass is 16.1. The van der Waals surface area contributed by atoms with Gasteiger partial charge in [-0.1, -0.05) is 0 Å². The number of anilines is 2. The second kappa shape index (κ2) is 6.65. The SMILES string of the molecule is CCN(CC)c1ccc(NC(=O)CC#N)c(C)c1. The van der Waals surface area contributed by atoms with Gasteiger partial charge in [-0.15, -0.1) is 0 Å². The van der Waals surface area contributed by atoms with E-state index in [9.17, 15) is 4.79 Å². The van der Waals surface area contributed by atoms with Gasteiger partial charge in [-0.2, -0.15) is 5.26 Å². The minimum Gasteiger partial charge on any atom is -0.372 e. The smallest absolute Gasteiger partial charge is 0.238 e. The molecular weight excluding hydrogens is 226 g/mol. The molecule has 96 valence electrons. The fourth-order valence-electron chi connectivity index (χ4n) is 1.84. The highest BCUT2D eigenvalue weighted by molar-refractivity contribution is 5.93. The maximum atomic E-state index is 11.4. The number of benzene rings is 1. The van der Waals surface area contributed by atoms with Crippen LogP contribution in [-0.2, 0) is 4.79 Å². The number of hydrogen-bond acceptors (Lipinski definition) is 3. The first-order chi connectivity index (χ1) is 8.62. The normalized spacial score (nSPS) is 9.67. The van der Waals surface area contributed by atoms with E-state index in [0.29, 0.717) is 0 Å². The summed E-state index contributed by atoms with van der Waals surface area (Å²) in [5, 5.41) is 11.2. The molecule has 0 fully saturated rings. The maximum Gasteiger partial charge on any atom is 0.238 e. The standard InChI is InChI=1S/C14H19N3O/c1-4-17(5-2)12-6-7-13(11(3)10-12)16-14(18)8-9-15/h6-7,10H,4-5,8H2,1-3H3,(H,16,18). The fourth-order valence-corrected chi connectivity index (χ4v) is 1.84. The number of nitrogens with one attached hydrogen (secondary N) is 1. The minimum absolute atomic E-state index is 0.114. The number of amides is 1. The number of rotatable bonds is 5. The van der Waals surface area contributed by atoms with Gasteiger partial charge in [-0.05, 0) is 44.5 Å². The number of nitriles is 1. The Kier molecular flexibility index (Phi) is 5.19. The Hall–Kier alpha value is -2.02. The second-order valence-corrected chi connectivity index (χ2v) is 4.05. The van der Waals surface area contributed by atoms with Crippen LogP contribution in [0, 0.1) is 18.3 Å². The summed E-state index contributed by atoms with van der Waals surface area (Å²) in [5.41, 5.74) is 2.92. The van der Waals surface area contributed by atoms with Crippen molar-refractivity contribution < 1.29 is 4.79 Å². The van der Waals surface area contributed by atoms with Gasteiger partial charge in [0.1, 0.15) is 6.42 Å². The highest BCUT2D eigenvalue weighted by Crippen LogP contribution is 2.22. The average Bonchev–Trinajstić information content (AvgIpc) is 2.34. The van der Waals surface area contributed by atoms with Crippen molar-refractivity contribution >= 4 is 17.3 Å². The van der Waals surface area contributed by atoms with Crippen LogP contribution in [0.1, 0.15) is 25.8 Å². The van der Waals surface area contributed by atoms with Gasteiger partial charge in [0.2, 0.25) is 5.91 Å². The van der Waals surface area contributed by atoms with E-state index >= 15 is 0 Å². The molecule has 0 aromatic heterocycles. The zero-order valence-corrected chi connectivity index (χ0v) is 11.2. The molecule has 0 spiro atoms. The van der Waals surface area contributed by atoms with E-state index in [4.69, 9.17) is 5.26 Å². The summed E-state index contributed by atoms with van der Waals surface area (Å²) in [5.74, 6) is -0.267. The number of carbonyl (C=O) groups excluding carboxylic acids is 1. The van der Waals surface area contributed by atoms with E-state index < -0.39 is 0 Å². The van der Waals surface area contributed by atoms with E-state index in [2.05, 4.69) is 30.1 Å². The van der Waals surface area contributed by atoms with Crippen LogP contribution in [-0.4, -0.2) is 19.0 Å². The molecule has 4 heteroatoms. The van der Waals surface area contributed by atoms with E-state index in [0.717, 1.165) is 30.0 Å². The Morgan fingerprint density at radius 3 is 2.56 bits per heavy atom. The van der Waals surface area contributed by atoms with E-state index in [1.165, 1.54) is 0 Å². The van der Waals surface area contributed by atoms with Gasteiger partial charge in [-0.3, -0.25) is 4.79 Å². The number of nitrogens with zero attached hydrogens (tertiary/aromatic N) is 2. The second-order valence-electron chi connectivity index (χ2n) is 4.05. The van der Waals surface area contributed by atoms with Gasteiger partial charge in [-0.25, -0.2) is 0 Å². The van der Waals surface area contributed by atoms with Gasteiger partial charge in [0.25, 0.3) is 0 Å². The molecule has 0 heterocycles. The molecule has 1 amide bonds. The monoisotopic (exact) mass is 245 g/mol. The molecule has 0 aliphatic rings. The molecule has 18 heavy (non-hydrogen) atoms. The van der Waals surface area contributed by atoms with Crippen molar-refractivity contribution in [3.63, 3.8) is 0 Å². The summed E-state index contributed by atoms with van der Waals surface area (Å²) in [6.45, 7) is 8.09. The lowest BCUT2D eigenvalue weighted by Crippen LogP contribution is -2.22. The van der Waals surface area contributed by atoms with Crippen LogP contribution >= 0.6 is 0 Å². The molecule has 0 atom stereocenters. The molecule has 0 aliphatic carbocycles. The number of aryl methyl sites for hydroxylation is 1. The predicted octanol–water partition coefficient (Wildman–Crippen LogP) is 2.69. The van der Waals surface area contributed by atoms with Gasteiger partial charge >= 0.3 is 0 Å². The van der Waals surface area contributed by atoms with Crippen molar-refractivity contribution in [3.8, 4) is 6.07 Å². The minimum atomic E-state index is -0.267. The first kappa shape index (κ1) is 14.0. The summed E-state index contributed by atoms with van der Waals surface area (Å²) in [6.07, 6.45) is -0.114. The van der Waals surface area contributed by atoms with Crippen LogP contribution < -0.4 is 10.2 Å². The fraction of sp³-hybridized carbons (Fsp3) is 0.429. The predicted molar refractivity (Wildman–Crippen MR) is 73.6 cm³/mol. The molecule has 1 N–H and O–H groups in total. The van der Waals surface area contributed by atoms with Crippen LogP contribution in [0.5, 0.6) is 0 Å². The molecule has 0 unspecified atom stereocenters. The molecule has 1 rings (SSSR count). The first-order valence-corrected chi connectivity index (χ1v) is 6.14. The first-order valence-electron chi connectivity index (χ1n) is 6.14. The Bertz CT molecular complexity index is 459. The molecule has 1 aromatic rings. The third-order valence-electron chi connectivity index (χ3n) is 2.85. The van der Waals surface area contributed by atoms with Gasteiger partial charge in [0.05, 0.1) is 6.07 Å². The molecule has 0 aliphatic heterocycles. The summed E-state index contributed by atoms with van der Waals surface area (Å²) < 4.78 is 0. The maximum absolute atomic E-state index is 11.4. The molecule has 0 saturated heterocycles. The number of hydrogen-bond donors (Lipinski definition) is 1. The molecule has 0 saturated carbocycles. The third kappa shape index (κ3) is 3.49. The van der Waals surface area contributed by atoms with Crippen LogP contribution in [0.2, 0.25) is 0 Å². The zero-order valence-electron chi connectivity index (χ0n) is 11.2. The Morgan fingerprint density at radius 2 is 2.06 bits per heavy atom. The number of carbonyl (C=O) groups is 1. The Balaban J connectivity index is 2.86. The Morgan fingerprint density at radius 1 is 1.39 bits per heavy atom. The van der Waals surface area contributed by atoms with E-state index in [1.54, 1.807) is 0 Å². The average molecular weight is 245 g/mol. The van der Waals surface area contributed by atoms with Crippen LogP contribution in [0.25, 0.3) is 0 Å². The lowest BCUT2D eigenvalue weighted by atomic mass is 10.1. The largest absolute Gasteiger partial charge is 0.372 e. The molecule has 4 nitrogen and oxygen atoms in total. The van der Waals surface area contributed by atoms with Crippen LogP contribution in [0.3, 0.4) is 0 Å². The van der Waals surface area contributed by atoms with Crippen molar-refractivity contribution in [1.82, 2.24) is 0 Å². The van der Waals surface area contributed by atoms with Crippen molar-refractivity contribution in [1.29, 1.82) is 5.26 Å². The summed E-state index contributed by atoms with van der Waals surface area (Å²) in [6, 6.07) is 7.76. The summed E-state index contributed by atoms with van der Waals surface area (Å²) in [7, 11) is 0. The molecule has 0 bridgehead atoms. The van der Waals surface area contributed by atoms with Crippen molar-refractivity contribution in [2.45, 2.75) is 27.2 Å². The quantitative estimate of drug-likeness (QED) is 0.867. The highest BCUT2D eigenvalue weighted by Gasteiger charge is 2.07. The lowest BCUT2D eigenvalue weighted by Gasteiger charge is -2.22. The van der Waals surface area contributed by atoms with Crippen molar-refractivity contribution in [3.05, 3.63) is 23.8 Å². The summed E-state index contributed by atoms with van der Waals surface area (Å²) >= 11 is 0. The molecule has 0 radical (unpaired) electrons. The van der Waals surface area contributed by atoms with Gasteiger partial charge in [0.15, 0.2) is 0 Å².